The van der Waals surface area contributed by atoms with Crippen molar-refractivity contribution in [2.45, 2.75) is 13.5 Å². The highest BCUT2D eigenvalue weighted by atomic mass is 35.5. The molecule has 0 saturated carbocycles. The summed E-state index contributed by atoms with van der Waals surface area (Å²) in [6.07, 6.45) is 0. The van der Waals surface area contributed by atoms with Crippen LogP contribution in [0.1, 0.15) is 21.9 Å². The first kappa shape index (κ1) is 27.4. The number of hydrogen-bond acceptors (Lipinski definition) is 6. The molecule has 0 unspecified atom stereocenters. The molecule has 202 valence electrons. The fraction of sp³-hybridized carbons (Fsp3) is 0.0800. The second kappa shape index (κ2) is 11.0. The predicted molar refractivity (Wildman–Crippen MR) is 127 cm³/mol. The molecule has 0 fully saturated rings. The van der Waals surface area contributed by atoms with Crippen molar-refractivity contribution in [3.63, 3.8) is 0 Å². The van der Waals surface area contributed by atoms with Gasteiger partial charge in [-0.05, 0) is 42.8 Å². The third-order valence-corrected chi connectivity index (χ3v) is 5.37. The Hall–Kier alpha value is -4.65. The van der Waals surface area contributed by atoms with Gasteiger partial charge in [0.1, 0.15) is 23.9 Å². The second-order valence-electron chi connectivity index (χ2n) is 7.89. The Morgan fingerprint density at radius 2 is 1.64 bits per heavy atom. The van der Waals surface area contributed by atoms with Crippen molar-refractivity contribution < 1.29 is 45.6 Å². The van der Waals surface area contributed by atoms with Gasteiger partial charge in [0, 0.05) is 17.2 Å². The molecule has 0 spiro atoms. The molecule has 0 bridgehead atoms. The van der Waals surface area contributed by atoms with Crippen LogP contribution in [0.4, 0.5) is 33.3 Å². The zero-order chi connectivity index (χ0) is 28.4. The number of non-ortho nitro benzene ring substituents is 1. The second-order valence-corrected chi connectivity index (χ2v) is 8.33. The summed E-state index contributed by atoms with van der Waals surface area (Å²) in [5, 5.41) is 14.2. The van der Waals surface area contributed by atoms with Crippen LogP contribution in [0.15, 0.2) is 52.9 Å². The Labute approximate surface area is 220 Å². The molecule has 1 N–H and O–H groups in total. The van der Waals surface area contributed by atoms with Crippen LogP contribution in [0.5, 0.6) is 17.2 Å². The molecule has 1 heterocycles. The number of nitro benzene ring substituents is 1. The normalized spacial score (nSPS) is 10.8. The SMILES string of the molecule is Cc1cc(Cl)ccc1Oc1cc(NC(=O)c2ccc(COc3c(F)c(F)c(F)c(F)c3F)o2)cc([N+](=O)[O-])c1. The number of hydrogen-bond donors (Lipinski definition) is 1. The highest BCUT2D eigenvalue weighted by Gasteiger charge is 2.27. The smallest absolute Gasteiger partial charge is 0.291 e. The summed E-state index contributed by atoms with van der Waals surface area (Å²) in [6, 6.07) is 10.6. The van der Waals surface area contributed by atoms with E-state index in [1.54, 1.807) is 25.1 Å². The lowest BCUT2D eigenvalue weighted by molar-refractivity contribution is -0.384. The summed E-state index contributed by atoms with van der Waals surface area (Å²) in [5.41, 5.74) is 0.216. The summed E-state index contributed by atoms with van der Waals surface area (Å²) < 4.78 is 83.0. The van der Waals surface area contributed by atoms with Gasteiger partial charge in [0.2, 0.25) is 29.1 Å². The number of halogens is 6. The van der Waals surface area contributed by atoms with Gasteiger partial charge in [0.15, 0.2) is 11.5 Å². The van der Waals surface area contributed by atoms with Gasteiger partial charge in [-0.15, -0.1) is 0 Å². The maximum atomic E-state index is 13.8. The van der Waals surface area contributed by atoms with Crippen molar-refractivity contribution in [2.75, 3.05) is 5.32 Å². The lowest BCUT2D eigenvalue weighted by atomic mass is 10.2. The average molecular weight is 569 g/mol. The Kier molecular flexibility index (Phi) is 7.72. The van der Waals surface area contributed by atoms with Crippen molar-refractivity contribution in [1.29, 1.82) is 0 Å². The number of furan rings is 1. The van der Waals surface area contributed by atoms with E-state index in [0.29, 0.717) is 16.3 Å². The molecular formula is C25H14ClF5N2O6. The number of carbonyl (C=O) groups is 1. The number of carbonyl (C=O) groups excluding carboxylic acids is 1. The van der Waals surface area contributed by atoms with Gasteiger partial charge in [-0.2, -0.15) is 8.78 Å². The van der Waals surface area contributed by atoms with Gasteiger partial charge in [-0.3, -0.25) is 14.9 Å². The lowest BCUT2D eigenvalue weighted by Crippen LogP contribution is -2.11. The number of aryl methyl sites for hydroxylation is 1. The number of anilines is 1. The fourth-order valence-corrected chi connectivity index (χ4v) is 3.53. The van der Waals surface area contributed by atoms with Gasteiger partial charge in [-0.25, -0.2) is 13.2 Å². The summed E-state index contributed by atoms with van der Waals surface area (Å²) in [7, 11) is 0. The third kappa shape index (κ3) is 5.93. The first-order valence-corrected chi connectivity index (χ1v) is 11.1. The molecule has 14 heteroatoms. The fourth-order valence-electron chi connectivity index (χ4n) is 3.30. The van der Waals surface area contributed by atoms with E-state index >= 15 is 0 Å². The van der Waals surface area contributed by atoms with Gasteiger partial charge in [0.05, 0.1) is 16.7 Å². The van der Waals surface area contributed by atoms with E-state index in [1.165, 1.54) is 6.07 Å². The minimum atomic E-state index is -2.34. The molecule has 39 heavy (non-hydrogen) atoms. The Balaban J connectivity index is 1.50. The van der Waals surface area contributed by atoms with Gasteiger partial charge >= 0.3 is 0 Å². The minimum Gasteiger partial charge on any atom is -0.479 e. The van der Waals surface area contributed by atoms with Crippen LogP contribution in [-0.2, 0) is 6.61 Å². The Morgan fingerprint density at radius 3 is 2.28 bits per heavy atom. The van der Waals surface area contributed by atoms with E-state index in [2.05, 4.69) is 5.32 Å². The van der Waals surface area contributed by atoms with E-state index in [-0.39, 0.29) is 23.0 Å². The molecule has 8 nitrogen and oxygen atoms in total. The summed E-state index contributed by atoms with van der Waals surface area (Å²) in [5.74, 6) is -13.6. The Morgan fingerprint density at radius 1 is 0.974 bits per heavy atom. The Bertz CT molecular complexity index is 1580. The topological polar surface area (TPSA) is 104 Å². The molecule has 0 aliphatic carbocycles. The van der Waals surface area contributed by atoms with Crippen LogP contribution in [0.25, 0.3) is 0 Å². The largest absolute Gasteiger partial charge is 0.479 e. The van der Waals surface area contributed by atoms with Crippen LogP contribution in [0.3, 0.4) is 0 Å². The van der Waals surface area contributed by atoms with E-state index in [4.69, 9.17) is 25.5 Å². The number of ether oxygens (including phenoxy) is 2. The first-order valence-electron chi connectivity index (χ1n) is 10.7. The van der Waals surface area contributed by atoms with E-state index < -0.39 is 58.0 Å². The average Bonchev–Trinajstić information content (AvgIpc) is 3.37. The number of nitro groups is 1. The number of nitrogens with zero attached hydrogens (tertiary/aromatic N) is 1. The van der Waals surface area contributed by atoms with Crippen molar-refractivity contribution in [2.24, 2.45) is 0 Å². The molecule has 4 aromatic rings. The molecule has 0 atom stereocenters. The van der Waals surface area contributed by atoms with Crippen LogP contribution in [0, 0.1) is 46.1 Å². The lowest BCUT2D eigenvalue weighted by Gasteiger charge is -2.11. The summed E-state index contributed by atoms with van der Waals surface area (Å²) >= 11 is 5.93. The van der Waals surface area contributed by atoms with E-state index in [0.717, 1.165) is 24.3 Å². The van der Waals surface area contributed by atoms with Crippen molar-refractivity contribution in [1.82, 2.24) is 0 Å². The van der Waals surface area contributed by atoms with E-state index in [1.807, 2.05) is 0 Å². The molecule has 4 rings (SSSR count). The number of amides is 1. The molecule has 0 radical (unpaired) electrons. The van der Waals surface area contributed by atoms with Crippen LogP contribution >= 0.6 is 11.6 Å². The highest BCUT2D eigenvalue weighted by Crippen LogP contribution is 2.33. The van der Waals surface area contributed by atoms with Crippen molar-refractivity contribution in [3.8, 4) is 17.2 Å². The highest BCUT2D eigenvalue weighted by molar-refractivity contribution is 6.30. The van der Waals surface area contributed by atoms with Crippen molar-refractivity contribution >= 4 is 28.9 Å². The monoisotopic (exact) mass is 568 g/mol. The molecule has 0 saturated heterocycles. The van der Waals surface area contributed by atoms with Crippen LogP contribution in [0.2, 0.25) is 5.02 Å². The molecule has 0 aliphatic rings. The number of benzene rings is 3. The maximum absolute atomic E-state index is 13.8. The zero-order valence-electron chi connectivity index (χ0n) is 19.5. The van der Waals surface area contributed by atoms with E-state index in [9.17, 15) is 36.9 Å². The zero-order valence-corrected chi connectivity index (χ0v) is 20.2. The summed E-state index contributed by atoms with van der Waals surface area (Å²) in [6.45, 7) is 0.923. The number of rotatable bonds is 8. The van der Waals surface area contributed by atoms with Gasteiger partial charge < -0.3 is 19.2 Å². The predicted octanol–water partition coefficient (Wildman–Crippen LogP) is 7.47. The molecule has 1 amide bonds. The molecular weight excluding hydrogens is 555 g/mol. The van der Waals surface area contributed by atoms with Gasteiger partial charge in [0.25, 0.3) is 11.6 Å². The quantitative estimate of drug-likeness (QED) is 0.0777. The van der Waals surface area contributed by atoms with Crippen LogP contribution < -0.4 is 14.8 Å². The van der Waals surface area contributed by atoms with Crippen LogP contribution in [-0.4, -0.2) is 10.8 Å². The van der Waals surface area contributed by atoms with Crippen molar-refractivity contribution in [3.05, 3.63) is 110 Å². The molecule has 1 aromatic heterocycles. The molecule has 3 aromatic carbocycles. The third-order valence-electron chi connectivity index (χ3n) is 5.14. The van der Waals surface area contributed by atoms with Gasteiger partial charge in [-0.1, -0.05) is 11.6 Å². The standard InChI is InChI=1S/C25H14ClF5N2O6/c1-11-6-12(26)2-4-17(11)39-16-8-13(7-14(9-16)33(35)36)32-25(34)18-5-3-15(38-18)10-37-24-22(30)20(28)19(27)21(29)23(24)31/h2-9H,10H2,1H3,(H,32,34). The number of nitrogens with one attached hydrogen (secondary N) is 1. The summed E-state index contributed by atoms with van der Waals surface area (Å²) in [4.78, 5) is 23.3. The maximum Gasteiger partial charge on any atom is 0.291 e. The minimum absolute atomic E-state index is 0.0290. The molecule has 0 aliphatic heterocycles. The first-order chi connectivity index (χ1) is 18.4.